The monoisotopic (exact) mass is 348 g/mol. The van der Waals surface area contributed by atoms with Gasteiger partial charge in [-0.3, -0.25) is 5.10 Å². The Morgan fingerprint density at radius 3 is 2.95 bits per heavy atom. The summed E-state index contributed by atoms with van der Waals surface area (Å²) in [5, 5.41) is 15.7. The van der Waals surface area contributed by atoms with E-state index < -0.39 is 0 Å². The molecule has 0 unspecified atom stereocenters. The van der Waals surface area contributed by atoms with E-state index in [0.717, 1.165) is 40.9 Å². The summed E-state index contributed by atoms with van der Waals surface area (Å²) in [5.74, 6) is 1.18. The Morgan fingerprint density at radius 1 is 1.52 bits per heavy atom. The first kappa shape index (κ1) is 15.3. The van der Waals surface area contributed by atoms with Gasteiger partial charge in [-0.05, 0) is 47.3 Å². The Labute approximate surface area is 132 Å². The van der Waals surface area contributed by atoms with E-state index in [4.69, 9.17) is 11.0 Å². The number of hydrogen-bond acceptors (Lipinski definition) is 5. The molecule has 0 aliphatic heterocycles. The third-order valence-electron chi connectivity index (χ3n) is 3.22. The quantitative estimate of drug-likeness (QED) is 0.864. The van der Waals surface area contributed by atoms with Gasteiger partial charge in [0.05, 0.1) is 10.2 Å². The Balaban J connectivity index is 1.95. The number of rotatable bonds is 5. The zero-order chi connectivity index (χ0) is 15.4. The number of nitrogens with two attached hydrogens (primary N) is 1. The molecule has 0 aliphatic rings. The molecule has 21 heavy (non-hydrogen) atoms. The Hall–Kier alpha value is -2.07. The highest BCUT2D eigenvalue weighted by molar-refractivity contribution is 9.10. The minimum absolute atomic E-state index is 0.267. The Kier molecular flexibility index (Phi) is 4.81. The van der Waals surface area contributed by atoms with Crippen LogP contribution >= 0.6 is 15.9 Å². The number of aryl methyl sites for hydroxylation is 2. The molecule has 6 nitrogen and oxygen atoms in total. The average Bonchev–Trinajstić information content (AvgIpc) is 2.79. The van der Waals surface area contributed by atoms with Gasteiger partial charge in [-0.2, -0.15) is 10.4 Å². The average molecular weight is 349 g/mol. The molecule has 2 aromatic rings. The third kappa shape index (κ3) is 3.52. The van der Waals surface area contributed by atoms with E-state index in [1.807, 2.05) is 26.2 Å². The fourth-order valence-corrected chi connectivity index (χ4v) is 2.87. The van der Waals surface area contributed by atoms with Gasteiger partial charge in [0, 0.05) is 19.8 Å². The molecule has 0 fully saturated rings. The number of anilines is 2. The van der Waals surface area contributed by atoms with Crippen molar-refractivity contribution < 1.29 is 0 Å². The Bertz CT molecular complexity index is 673. The van der Waals surface area contributed by atoms with Crippen molar-refractivity contribution in [3.8, 4) is 6.07 Å². The van der Waals surface area contributed by atoms with Crippen molar-refractivity contribution in [1.29, 1.82) is 5.26 Å². The first-order valence-corrected chi connectivity index (χ1v) is 7.38. The lowest BCUT2D eigenvalue weighted by atomic mass is 10.1. The predicted molar refractivity (Wildman–Crippen MR) is 86.0 cm³/mol. The van der Waals surface area contributed by atoms with Gasteiger partial charge in [0.15, 0.2) is 5.82 Å². The molecule has 0 aromatic carbocycles. The molecule has 0 bridgehead atoms. The van der Waals surface area contributed by atoms with Crippen LogP contribution in [0.25, 0.3) is 0 Å². The second kappa shape index (κ2) is 6.59. The lowest BCUT2D eigenvalue weighted by Crippen LogP contribution is -2.20. The van der Waals surface area contributed by atoms with Crippen molar-refractivity contribution in [2.45, 2.75) is 19.8 Å². The number of hydrogen-bond donors (Lipinski definition) is 2. The minimum atomic E-state index is 0.267. The van der Waals surface area contributed by atoms with E-state index in [-0.39, 0.29) is 5.82 Å². The van der Waals surface area contributed by atoms with Gasteiger partial charge in [-0.1, -0.05) is 0 Å². The lowest BCUT2D eigenvalue weighted by Gasteiger charge is -2.19. The zero-order valence-electron chi connectivity index (χ0n) is 12.0. The predicted octanol–water partition coefficient (Wildman–Crippen LogP) is 2.40. The molecule has 0 atom stereocenters. The van der Waals surface area contributed by atoms with Crippen LogP contribution in [0.5, 0.6) is 0 Å². The van der Waals surface area contributed by atoms with Gasteiger partial charge in [0.25, 0.3) is 0 Å². The van der Waals surface area contributed by atoms with Gasteiger partial charge < -0.3 is 10.6 Å². The van der Waals surface area contributed by atoms with E-state index in [9.17, 15) is 0 Å². The number of aromatic nitrogens is 3. The molecular weight excluding hydrogens is 332 g/mol. The standard InChI is InChI=1S/C14H17BrN6/c1-9-6-11(15)14(18-8-9)21(2)5-3-4-12-10(7-16)13(17)20-19-12/h6,8H,3-5H2,1-2H3,(H3,17,19,20). The summed E-state index contributed by atoms with van der Waals surface area (Å²) in [6.07, 6.45) is 3.44. The van der Waals surface area contributed by atoms with E-state index in [0.29, 0.717) is 5.56 Å². The van der Waals surface area contributed by atoms with Crippen molar-refractivity contribution >= 4 is 27.6 Å². The van der Waals surface area contributed by atoms with Crippen molar-refractivity contribution in [3.05, 3.63) is 33.6 Å². The second-order valence-electron chi connectivity index (χ2n) is 4.92. The topological polar surface area (TPSA) is 94.6 Å². The number of halogens is 1. The molecule has 0 saturated heterocycles. The highest BCUT2D eigenvalue weighted by Gasteiger charge is 2.11. The van der Waals surface area contributed by atoms with Crippen molar-refractivity contribution in [1.82, 2.24) is 15.2 Å². The van der Waals surface area contributed by atoms with Gasteiger partial charge in [-0.15, -0.1) is 0 Å². The van der Waals surface area contributed by atoms with Crippen molar-refractivity contribution in [3.63, 3.8) is 0 Å². The lowest BCUT2D eigenvalue weighted by molar-refractivity contribution is 0.758. The van der Waals surface area contributed by atoms with E-state index in [2.05, 4.69) is 42.1 Å². The first-order chi connectivity index (χ1) is 10.0. The van der Waals surface area contributed by atoms with Crippen LogP contribution in [0.1, 0.15) is 23.2 Å². The number of aromatic amines is 1. The number of pyridine rings is 1. The largest absolute Gasteiger partial charge is 0.381 e. The SMILES string of the molecule is Cc1cnc(N(C)CCCc2[nH]nc(N)c2C#N)c(Br)c1. The number of nitrogens with one attached hydrogen (secondary N) is 1. The third-order valence-corrected chi connectivity index (χ3v) is 3.80. The molecule has 7 heteroatoms. The first-order valence-electron chi connectivity index (χ1n) is 6.59. The van der Waals surface area contributed by atoms with Crippen LogP contribution in [0, 0.1) is 18.3 Å². The highest BCUT2D eigenvalue weighted by Crippen LogP contribution is 2.24. The molecule has 2 rings (SSSR count). The number of nitrogens with zero attached hydrogens (tertiary/aromatic N) is 4. The van der Waals surface area contributed by atoms with E-state index in [1.54, 1.807) is 0 Å². The van der Waals surface area contributed by atoms with Gasteiger partial charge in [-0.25, -0.2) is 4.98 Å². The maximum atomic E-state index is 9.02. The van der Waals surface area contributed by atoms with Crippen LogP contribution in [0.15, 0.2) is 16.7 Å². The number of nitrogen functional groups attached to an aromatic ring is 1. The van der Waals surface area contributed by atoms with Crippen LogP contribution in [0.4, 0.5) is 11.6 Å². The molecule has 0 spiro atoms. The van der Waals surface area contributed by atoms with Crippen LogP contribution in [-0.2, 0) is 6.42 Å². The minimum Gasteiger partial charge on any atom is -0.381 e. The van der Waals surface area contributed by atoms with Crippen LogP contribution in [-0.4, -0.2) is 28.8 Å². The van der Waals surface area contributed by atoms with Crippen molar-refractivity contribution in [2.75, 3.05) is 24.2 Å². The molecule has 0 radical (unpaired) electrons. The summed E-state index contributed by atoms with van der Waals surface area (Å²) < 4.78 is 0.980. The number of H-pyrrole nitrogens is 1. The maximum Gasteiger partial charge on any atom is 0.163 e. The molecule has 2 aromatic heterocycles. The van der Waals surface area contributed by atoms with E-state index >= 15 is 0 Å². The van der Waals surface area contributed by atoms with E-state index in [1.165, 1.54) is 0 Å². The Morgan fingerprint density at radius 2 is 2.29 bits per heavy atom. The van der Waals surface area contributed by atoms with Crippen LogP contribution in [0.2, 0.25) is 0 Å². The van der Waals surface area contributed by atoms with Gasteiger partial charge >= 0.3 is 0 Å². The fourth-order valence-electron chi connectivity index (χ4n) is 2.11. The van der Waals surface area contributed by atoms with Crippen molar-refractivity contribution in [2.24, 2.45) is 0 Å². The smallest absolute Gasteiger partial charge is 0.163 e. The summed E-state index contributed by atoms with van der Waals surface area (Å²) in [6.45, 7) is 2.83. The highest BCUT2D eigenvalue weighted by atomic mass is 79.9. The molecule has 3 N–H and O–H groups in total. The molecule has 2 heterocycles. The molecular formula is C14H17BrN6. The molecule has 0 aliphatic carbocycles. The van der Waals surface area contributed by atoms with Crippen LogP contribution < -0.4 is 10.6 Å². The molecule has 110 valence electrons. The van der Waals surface area contributed by atoms with Gasteiger partial charge in [0.1, 0.15) is 17.5 Å². The summed E-state index contributed by atoms with van der Waals surface area (Å²) in [4.78, 5) is 6.51. The normalized spacial score (nSPS) is 10.4. The zero-order valence-corrected chi connectivity index (χ0v) is 13.6. The fraction of sp³-hybridized carbons (Fsp3) is 0.357. The molecule has 0 saturated carbocycles. The number of nitriles is 1. The summed E-state index contributed by atoms with van der Waals surface area (Å²) in [6, 6.07) is 4.12. The van der Waals surface area contributed by atoms with Gasteiger partial charge in [0.2, 0.25) is 0 Å². The summed E-state index contributed by atoms with van der Waals surface area (Å²) >= 11 is 3.53. The summed E-state index contributed by atoms with van der Waals surface area (Å²) in [5.41, 5.74) is 7.98. The van der Waals surface area contributed by atoms with Crippen LogP contribution in [0.3, 0.4) is 0 Å². The summed E-state index contributed by atoms with van der Waals surface area (Å²) in [7, 11) is 1.99. The molecule has 0 amide bonds. The maximum absolute atomic E-state index is 9.02. The second-order valence-corrected chi connectivity index (χ2v) is 5.77.